The number of phenolic OH excluding ortho intramolecular Hbond substituents is 1. The largest absolute Gasteiger partial charge is 0.508 e. The zero-order valence-corrected chi connectivity index (χ0v) is 14.6. The second-order valence-corrected chi connectivity index (χ2v) is 7.24. The first kappa shape index (κ1) is 17.0. The van der Waals surface area contributed by atoms with Crippen molar-refractivity contribution in [1.29, 1.82) is 0 Å². The molecule has 0 radical (unpaired) electrons. The minimum absolute atomic E-state index is 0.185. The van der Waals surface area contributed by atoms with Crippen molar-refractivity contribution in [2.45, 2.75) is 45.9 Å². The predicted octanol–water partition coefficient (Wildman–Crippen LogP) is 3.27. The fraction of sp³-hybridized carbons (Fsp3) is 0.526. The zero-order valence-electron chi connectivity index (χ0n) is 14.6. The number of nitrogens with zero attached hydrogens (tertiary/aromatic N) is 1. The molecule has 1 aliphatic carbocycles. The number of hydrogen-bond donors (Lipinski definition) is 2. The standard InChI is InChI=1S/C19H26N2O3/c1-19(2)14(8-15-10-16(12-23-3)24-21-15)9-18(19)20-11-13-6-4-5-7-17(13)22/h4-7,10,14,18,20,22H,8-9,11-12H2,1-3H3. The molecule has 1 aromatic heterocycles. The summed E-state index contributed by atoms with van der Waals surface area (Å²) in [6, 6.07) is 9.91. The third-order valence-electron chi connectivity index (χ3n) is 5.35. The van der Waals surface area contributed by atoms with Gasteiger partial charge >= 0.3 is 0 Å². The fourth-order valence-electron chi connectivity index (χ4n) is 3.52. The van der Waals surface area contributed by atoms with Crippen LogP contribution in [0.4, 0.5) is 0 Å². The maximum absolute atomic E-state index is 9.87. The maximum atomic E-state index is 9.87. The number of rotatable bonds is 7. The highest BCUT2D eigenvalue weighted by Gasteiger charge is 2.47. The van der Waals surface area contributed by atoms with E-state index in [0.717, 1.165) is 29.9 Å². The van der Waals surface area contributed by atoms with Gasteiger partial charge in [-0.3, -0.25) is 0 Å². The van der Waals surface area contributed by atoms with Crippen LogP contribution in [0.3, 0.4) is 0 Å². The lowest BCUT2D eigenvalue weighted by molar-refractivity contribution is 0.0124. The molecular formula is C19H26N2O3. The molecule has 0 bridgehead atoms. The van der Waals surface area contributed by atoms with Gasteiger partial charge in [0.2, 0.25) is 0 Å². The highest BCUT2D eigenvalue weighted by atomic mass is 16.5. The highest BCUT2D eigenvalue weighted by molar-refractivity contribution is 5.31. The summed E-state index contributed by atoms with van der Waals surface area (Å²) in [5.41, 5.74) is 2.13. The van der Waals surface area contributed by atoms with E-state index in [9.17, 15) is 5.11 Å². The van der Waals surface area contributed by atoms with E-state index in [1.165, 1.54) is 0 Å². The molecule has 1 aliphatic rings. The molecular weight excluding hydrogens is 304 g/mol. The van der Waals surface area contributed by atoms with Crippen LogP contribution in [0.25, 0.3) is 0 Å². The Hall–Kier alpha value is -1.85. The first-order chi connectivity index (χ1) is 11.5. The molecule has 1 fully saturated rings. The van der Waals surface area contributed by atoms with Crippen LogP contribution in [-0.2, 0) is 24.3 Å². The lowest BCUT2D eigenvalue weighted by Crippen LogP contribution is -2.57. The van der Waals surface area contributed by atoms with Gasteiger partial charge in [0.25, 0.3) is 0 Å². The Morgan fingerprint density at radius 3 is 2.88 bits per heavy atom. The predicted molar refractivity (Wildman–Crippen MR) is 91.5 cm³/mol. The van der Waals surface area contributed by atoms with E-state index >= 15 is 0 Å². The van der Waals surface area contributed by atoms with Crippen molar-refractivity contribution in [1.82, 2.24) is 10.5 Å². The van der Waals surface area contributed by atoms with Crippen LogP contribution >= 0.6 is 0 Å². The third-order valence-corrected chi connectivity index (χ3v) is 5.35. The van der Waals surface area contributed by atoms with Crippen molar-refractivity contribution in [3.05, 3.63) is 47.3 Å². The van der Waals surface area contributed by atoms with Gasteiger partial charge in [-0.25, -0.2) is 0 Å². The summed E-state index contributed by atoms with van der Waals surface area (Å²) in [6.45, 7) is 5.74. The fourth-order valence-corrected chi connectivity index (χ4v) is 3.52. The van der Waals surface area contributed by atoms with Crippen LogP contribution < -0.4 is 5.32 Å². The number of ether oxygens (including phenoxy) is 1. The minimum Gasteiger partial charge on any atom is -0.508 e. The van der Waals surface area contributed by atoms with Gasteiger partial charge in [-0.05, 0) is 30.2 Å². The Morgan fingerprint density at radius 2 is 2.17 bits per heavy atom. The molecule has 3 rings (SSSR count). The number of aromatic nitrogens is 1. The van der Waals surface area contributed by atoms with E-state index in [1.54, 1.807) is 13.2 Å². The average Bonchev–Trinajstić information content (AvgIpc) is 2.99. The van der Waals surface area contributed by atoms with Crippen LogP contribution in [0.5, 0.6) is 5.75 Å². The van der Waals surface area contributed by atoms with Gasteiger partial charge in [-0.15, -0.1) is 0 Å². The number of para-hydroxylation sites is 1. The van der Waals surface area contributed by atoms with Crippen LogP contribution in [0.1, 0.15) is 37.3 Å². The highest BCUT2D eigenvalue weighted by Crippen LogP contribution is 2.48. The van der Waals surface area contributed by atoms with Gasteiger partial charge in [0, 0.05) is 31.3 Å². The molecule has 2 atom stereocenters. The van der Waals surface area contributed by atoms with Gasteiger partial charge in [0.1, 0.15) is 12.4 Å². The molecule has 2 N–H and O–H groups in total. The van der Waals surface area contributed by atoms with Crippen molar-refractivity contribution < 1.29 is 14.4 Å². The molecule has 24 heavy (non-hydrogen) atoms. The first-order valence-corrected chi connectivity index (χ1v) is 8.44. The Labute approximate surface area is 143 Å². The number of phenols is 1. The van der Waals surface area contributed by atoms with Crippen LogP contribution in [0.2, 0.25) is 0 Å². The molecule has 0 aliphatic heterocycles. The summed E-state index contributed by atoms with van der Waals surface area (Å²) >= 11 is 0. The molecule has 1 aromatic carbocycles. The number of aromatic hydroxyl groups is 1. The molecule has 1 saturated carbocycles. The molecule has 2 unspecified atom stereocenters. The van der Waals surface area contributed by atoms with E-state index in [0.29, 0.717) is 30.9 Å². The normalized spacial score (nSPS) is 22.3. The summed E-state index contributed by atoms with van der Waals surface area (Å²) < 4.78 is 10.3. The number of benzene rings is 1. The van der Waals surface area contributed by atoms with Crippen molar-refractivity contribution in [3.63, 3.8) is 0 Å². The summed E-state index contributed by atoms with van der Waals surface area (Å²) in [6.07, 6.45) is 2.03. The summed E-state index contributed by atoms with van der Waals surface area (Å²) in [5, 5.41) is 17.6. The Kier molecular flexibility index (Phi) is 4.92. The number of nitrogens with one attached hydrogen (secondary N) is 1. The molecule has 0 spiro atoms. The molecule has 1 heterocycles. The van der Waals surface area contributed by atoms with E-state index in [1.807, 2.05) is 24.3 Å². The van der Waals surface area contributed by atoms with Gasteiger partial charge in [0.05, 0.1) is 5.69 Å². The molecule has 2 aromatic rings. The molecule has 5 nitrogen and oxygen atoms in total. The van der Waals surface area contributed by atoms with Gasteiger partial charge in [-0.1, -0.05) is 37.2 Å². The quantitative estimate of drug-likeness (QED) is 0.815. The van der Waals surface area contributed by atoms with Crippen molar-refractivity contribution in [2.24, 2.45) is 11.3 Å². The topological polar surface area (TPSA) is 67.5 Å². The second kappa shape index (κ2) is 6.95. The van der Waals surface area contributed by atoms with Gasteiger partial charge in [0.15, 0.2) is 5.76 Å². The molecule has 130 valence electrons. The molecule has 0 saturated heterocycles. The first-order valence-electron chi connectivity index (χ1n) is 8.44. The van der Waals surface area contributed by atoms with Gasteiger partial charge in [-0.2, -0.15) is 0 Å². The van der Waals surface area contributed by atoms with Crippen molar-refractivity contribution in [2.75, 3.05) is 7.11 Å². The van der Waals surface area contributed by atoms with E-state index in [2.05, 4.69) is 24.3 Å². The van der Waals surface area contributed by atoms with E-state index < -0.39 is 0 Å². The monoisotopic (exact) mass is 330 g/mol. The average molecular weight is 330 g/mol. The Bertz CT molecular complexity index is 681. The molecule has 0 amide bonds. The van der Waals surface area contributed by atoms with Crippen LogP contribution in [0.15, 0.2) is 34.9 Å². The summed E-state index contributed by atoms with van der Waals surface area (Å²) in [5.74, 6) is 1.70. The van der Waals surface area contributed by atoms with E-state index in [4.69, 9.17) is 9.26 Å². The van der Waals surface area contributed by atoms with Gasteiger partial charge < -0.3 is 19.7 Å². The van der Waals surface area contributed by atoms with E-state index in [-0.39, 0.29) is 5.41 Å². The Balaban J connectivity index is 1.53. The Morgan fingerprint density at radius 1 is 1.38 bits per heavy atom. The number of methoxy groups -OCH3 is 1. The minimum atomic E-state index is 0.185. The molecule has 5 heteroatoms. The van der Waals surface area contributed by atoms with Crippen LogP contribution in [-0.4, -0.2) is 23.4 Å². The lowest BCUT2D eigenvalue weighted by Gasteiger charge is -2.52. The zero-order chi connectivity index (χ0) is 17.2. The lowest BCUT2D eigenvalue weighted by atomic mass is 9.57. The van der Waals surface area contributed by atoms with Crippen molar-refractivity contribution in [3.8, 4) is 5.75 Å². The summed E-state index contributed by atoms with van der Waals surface area (Å²) in [7, 11) is 1.65. The summed E-state index contributed by atoms with van der Waals surface area (Å²) in [4.78, 5) is 0. The van der Waals surface area contributed by atoms with Crippen LogP contribution in [0, 0.1) is 11.3 Å². The van der Waals surface area contributed by atoms with Crippen molar-refractivity contribution >= 4 is 0 Å². The second-order valence-electron chi connectivity index (χ2n) is 7.24. The third kappa shape index (κ3) is 3.47. The SMILES string of the molecule is COCc1cc(CC2CC(NCc3ccccc3O)C2(C)C)no1. The smallest absolute Gasteiger partial charge is 0.162 e. The number of hydrogen-bond acceptors (Lipinski definition) is 5. The maximum Gasteiger partial charge on any atom is 0.162 e.